The maximum absolute atomic E-state index is 11.7. The Morgan fingerprint density at radius 3 is 2.65 bits per heavy atom. The van der Waals surface area contributed by atoms with Gasteiger partial charge in [0, 0.05) is 16.6 Å². The molecular formula is C15H20O5. The molecule has 5 heteroatoms. The van der Waals surface area contributed by atoms with Gasteiger partial charge < -0.3 is 20.1 Å². The van der Waals surface area contributed by atoms with Crippen LogP contribution < -0.4 is 0 Å². The van der Waals surface area contributed by atoms with Crippen molar-refractivity contribution in [3.8, 4) is 0 Å². The maximum Gasteiger partial charge on any atom is 0.336 e. The molecule has 0 aromatic heterocycles. The number of aliphatic hydroxyl groups excluding tert-OH is 2. The lowest BCUT2D eigenvalue weighted by Gasteiger charge is -2.54. The van der Waals surface area contributed by atoms with Gasteiger partial charge in [-0.05, 0) is 32.6 Å². The van der Waals surface area contributed by atoms with Crippen molar-refractivity contribution in [1.29, 1.82) is 0 Å². The normalized spacial score (nSPS) is 47.6. The molecule has 1 fully saturated rings. The second kappa shape index (κ2) is 3.93. The third kappa shape index (κ3) is 1.40. The summed E-state index contributed by atoms with van der Waals surface area (Å²) in [6.45, 7) is 5.31. The lowest BCUT2D eigenvalue weighted by atomic mass is 9.54. The first kappa shape index (κ1) is 13.8. The summed E-state index contributed by atoms with van der Waals surface area (Å²) in [5, 5.41) is 31.7. The molecule has 0 spiro atoms. The number of ether oxygens (including phenoxy) is 1. The fourth-order valence-electron chi connectivity index (χ4n) is 3.99. The molecule has 0 saturated heterocycles. The molecule has 0 bridgehead atoms. The average Bonchev–Trinajstić information content (AvgIpc) is 2.61. The Morgan fingerprint density at radius 2 is 2.00 bits per heavy atom. The van der Waals surface area contributed by atoms with Gasteiger partial charge in [0.2, 0.25) is 0 Å². The van der Waals surface area contributed by atoms with E-state index >= 15 is 0 Å². The van der Waals surface area contributed by atoms with E-state index in [1.54, 1.807) is 13.8 Å². The molecule has 20 heavy (non-hydrogen) atoms. The Balaban J connectivity index is 2.16. The molecule has 110 valence electrons. The van der Waals surface area contributed by atoms with Crippen LogP contribution in [-0.4, -0.2) is 39.3 Å². The summed E-state index contributed by atoms with van der Waals surface area (Å²) in [5.41, 5.74) is 0.946. The second-order valence-corrected chi connectivity index (χ2v) is 6.41. The van der Waals surface area contributed by atoms with Crippen LogP contribution >= 0.6 is 0 Å². The van der Waals surface area contributed by atoms with Gasteiger partial charge >= 0.3 is 5.97 Å². The second-order valence-electron chi connectivity index (χ2n) is 6.41. The highest BCUT2D eigenvalue weighted by molar-refractivity contribution is 5.92. The Hall–Kier alpha value is -1.17. The van der Waals surface area contributed by atoms with Gasteiger partial charge in [-0.15, -0.1) is 0 Å². The van der Waals surface area contributed by atoms with Gasteiger partial charge in [0.25, 0.3) is 5.79 Å². The number of hydrogen-bond donors (Lipinski definition) is 3. The number of esters is 1. The van der Waals surface area contributed by atoms with Gasteiger partial charge in [-0.1, -0.05) is 18.6 Å². The fraction of sp³-hybridized carbons (Fsp3) is 0.667. The van der Waals surface area contributed by atoms with E-state index in [1.807, 2.05) is 13.0 Å². The van der Waals surface area contributed by atoms with E-state index in [4.69, 9.17) is 4.74 Å². The van der Waals surface area contributed by atoms with Crippen LogP contribution in [0.4, 0.5) is 0 Å². The lowest BCUT2D eigenvalue weighted by molar-refractivity contribution is -0.270. The molecule has 5 unspecified atom stereocenters. The summed E-state index contributed by atoms with van der Waals surface area (Å²) in [6.07, 6.45) is 0.681. The number of fused-ring (bicyclic) bond motifs is 2. The smallest absolute Gasteiger partial charge is 0.336 e. The first-order valence-corrected chi connectivity index (χ1v) is 6.91. The number of allylic oxidation sites excluding steroid dienone is 1. The van der Waals surface area contributed by atoms with Crippen LogP contribution in [-0.2, 0) is 9.53 Å². The molecule has 5 nitrogen and oxygen atoms in total. The molecule has 3 aliphatic rings. The van der Waals surface area contributed by atoms with Crippen molar-refractivity contribution in [3.05, 3.63) is 22.8 Å². The van der Waals surface area contributed by atoms with Gasteiger partial charge in [-0.25, -0.2) is 4.79 Å². The number of carbonyl (C=O) groups excluding carboxylic acids is 1. The van der Waals surface area contributed by atoms with Gasteiger partial charge in [0.05, 0.1) is 6.10 Å². The molecule has 1 saturated carbocycles. The van der Waals surface area contributed by atoms with E-state index in [0.717, 1.165) is 5.57 Å². The van der Waals surface area contributed by atoms with Crippen molar-refractivity contribution in [2.45, 2.75) is 51.6 Å². The van der Waals surface area contributed by atoms with E-state index in [1.165, 1.54) is 0 Å². The van der Waals surface area contributed by atoms with Gasteiger partial charge in [0.15, 0.2) is 0 Å². The van der Waals surface area contributed by atoms with Crippen LogP contribution in [0.2, 0.25) is 0 Å². The highest BCUT2D eigenvalue weighted by Crippen LogP contribution is 2.57. The molecule has 0 aromatic carbocycles. The summed E-state index contributed by atoms with van der Waals surface area (Å²) in [6, 6.07) is 0. The lowest BCUT2D eigenvalue weighted by Crippen LogP contribution is -2.64. The van der Waals surface area contributed by atoms with E-state index < -0.39 is 29.4 Å². The minimum absolute atomic E-state index is 0.110. The maximum atomic E-state index is 11.7. The molecule has 5 atom stereocenters. The van der Waals surface area contributed by atoms with Crippen LogP contribution in [0.5, 0.6) is 0 Å². The Labute approximate surface area is 117 Å². The zero-order valence-corrected chi connectivity index (χ0v) is 11.9. The van der Waals surface area contributed by atoms with E-state index in [-0.39, 0.29) is 5.92 Å². The van der Waals surface area contributed by atoms with Crippen molar-refractivity contribution in [3.63, 3.8) is 0 Å². The SMILES string of the molecule is CC1=CCC(O)C2(C)C1CC1=C(C)C(=O)OC1(O)C2O. The molecule has 0 amide bonds. The van der Waals surface area contributed by atoms with Crippen LogP contribution in [0.3, 0.4) is 0 Å². The summed E-state index contributed by atoms with van der Waals surface area (Å²) in [5.74, 6) is -2.70. The molecule has 3 N–H and O–H groups in total. The summed E-state index contributed by atoms with van der Waals surface area (Å²) < 4.78 is 5.04. The van der Waals surface area contributed by atoms with E-state index in [0.29, 0.717) is 24.0 Å². The fourth-order valence-corrected chi connectivity index (χ4v) is 3.99. The Kier molecular flexibility index (Phi) is 2.71. The van der Waals surface area contributed by atoms with Crippen LogP contribution in [0.1, 0.15) is 33.6 Å². The number of carbonyl (C=O) groups is 1. The number of hydrogen-bond acceptors (Lipinski definition) is 5. The molecule has 1 aliphatic heterocycles. The van der Waals surface area contributed by atoms with Crippen molar-refractivity contribution >= 4 is 5.97 Å². The standard InChI is InChI=1S/C15H20O5/c1-7-4-5-11(16)14(3)9(7)6-10-8(2)12(17)20-15(10,19)13(14)18/h4,9,11,13,16,18-19H,5-6H2,1-3H3. The zero-order chi connectivity index (χ0) is 14.9. The summed E-state index contributed by atoms with van der Waals surface area (Å²) in [4.78, 5) is 11.7. The van der Waals surface area contributed by atoms with Gasteiger partial charge in [-0.3, -0.25) is 0 Å². The van der Waals surface area contributed by atoms with Crippen LogP contribution in [0, 0.1) is 11.3 Å². The van der Waals surface area contributed by atoms with E-state index in [2.05, 4.69) is 0 Å². The van der Waals surface area contributed by atoms with Gasteiger partial charge in [-0.2, -0.15) is 0 Å². The molecule has 3 rings (SSSR count). The molecule has 2 aliphatic carbocycles. The third-order valence-electron chi connectivity index (χ3n) is 5.49. The third-order valence-corrected chi connectivity index (χ3v) is 5.49. The van der Waals surface area contributed by atoms with Gasteiger partial charge in [0.1, 0.15) is 6.10 Å². The number of aliphatic hydroxyl groups is 3. The minimum Gasteiger partial charge on any atom is -0.423 e. The van der Waals surface area contributed by atoms with Crippen molar-refractivity contribution in [2.24, 2.45) is 11.3 Å². The average molecular weight is 280 g/mol. The molecular weight excluding hydrogens is 260 g/mol. The van der Waals surface area contributed by atoms with Crippen molar-refractivity contribution in [1.82, 2.24) is 0 Å². The largest absolute Gasteiger partial charge is 0.423 e. The van der Waals surface area contributed by atoms with Crippen molar-refractivity contribution in [2.75, 3.05) is 0 Å². The van der Waals surface area contributed by atoms with Crippen molar-refractivity contribution < 1.29 is 24.9 Å². The van der Waals surface area contributed by atoms with Crippen LogP contribution in [0.25, 0.3) is 0 Å². The highest BCUT2D eigenvalue weighted by Gasteiger charge is 2.65. The minimum atomic E-state index is -2.00. The topological polar surface area (TPSA) is 87.0 Å². The molecule has 1 heterocycles. The first-order chi connectivity index (χ1) is 9.22. The zero-order valence-electron chi connectivity index (χ0n) is 11.9. The summed E-state index contributed by atoms with van der Waals surface area (Å²) >= 11 is 0. The Bertz CT molecular complexity index is 548. The predicted molar refractivity (Wildman–Crippen MR) is 70.3 cm³/mol. The number of rotatable bonds is 0. The Morgan fingerprint density at radius 1 is 1.35 bits per heavy atom. The monoisotopic (exact) mass is 280 g/mol. The summed E-state index contributed by atoms with van der Waals surface area (Å²) in [7, 11) is 0. The highest BCUT2D eigenvalue weighted by atomic mass is 16.7. The first-order valence-electron chi connectivity index (χ1n) is 6.91. The van der Waals surface area contributed by atoms with E-state index in [9.17, 15) is 20.1 Å². The molecule has 0 aromatic rings. The predicted octanol–water partition coefficient (Wildman–Crippen LogP) is 0.646. The molecule has 0 radical (unpaired) electrons. The quantitative estimate of drug-likeness (QED) is 0.448. The van der Waals surface area contributed by atoms with Crippen LogP contribution in [0.15, 0.2) is 22.8 Å².